The number of hydrogen-bond acceptors (Lipinski definition) is 3. The maximum Gasteiger partial charge on any atom is 0.171 e. The second-order valence-corrected chi connectivity index (χ2v) is 5.27. The summed E-state index contributed by atoms with van der Waals surface area (Å²) in [6.07, 6.45) is 1.27. The zero-order valence-corrected chi connectivity index (χ0v) is 12.1. The van der Waals surface area contributed by atoms with Crippen molar-refractivity contribution in [3.8, 4) is 5.75 Å². The molecule has 0 atom stereocenters. The van der Waals surface area contributed by atoms with Crippen LogP contribution in [0.25, 0.3) is 0 Å². The largest absolute Gasteiger partial charge is 0.492 e. The van der Waals surface area contributed by atoms with Crippen molar-refractivity contribution < 1.29 is 9.53 Å². The van der Waals surface area contributed by atoms with Crippen LogP contribution in [0, 0.1) is 13.8 Å². The summed E-state index contributed by atoms with van der Waals surface area (Å²) in [7, 11) is 1.90. The molecule has 0 N–H and O–H groups in total. The Balaban J connectivity index is 1.93. The number of para-hydroxylation sites is 1. The van der Waals surface area contributed by atoms with Crippen molar-refractivity contribution in [3.05, 3.63) is 46.3 Å². The van der Waals surface area contributed by atoms with Crippen LogP contribution < -0.4 is 4.74 Å². The molecule has 0 radical (unpaired) electrons. The lowest BCUT2D eigenvalue weighted by atomic mass is 9.99. The summed E-state index contributed by atoms with van der Waals surface area (Å²) in [5.41, 5.74) is 4.82. The van der Waals surface area contributed by atoms with Crippen molar-refractivity contribution in [1.29, 1.82) is 0 Å². The minimum Gasteiger partial charge on any atom is -0.492 e. The number of Topliss-reactive ketones (excluding diaryl/α,β-unsaturated/α-hetero) is 1. The Bertz CT molecular complexity index is 686. The quantitative estimate of drug-likeness (QED) is 0.804. The first-order valence-electron chi connectivity index (χ1n) is 6.85. The lowest BCUT2D eigenvalue weighted by molar-refractivity contribution is 0.0989. The van der Waals surface area contributed by atoms with E-state index in [-0.39, 0.29) is 5.78 Å². The van der Waals surface area contributed by atoms with Gasteiger partial charge in [0.1, 0.15) is 5.75 Å². The molecular formula is C16H18N2O2. The van der Waals surface area contributed by atoms with Crippen LogP contribution in [0.1, 0.15) is 32.9 Å². The Morgan fingerprint density at radius 2 is 2.20 bits per heavy atom. The second kappa shape index (κ2) is 4.78. The normalized spacial score (nSPS) is 13.2. The molecule has 0 fully saturated rings. The third kappa shape index (κ3) is 2.01. The summed E-state index contributed by atoms with van der Waals surface area (Å²) >= 11 is 0. The van der Waals surface area contributed by atoms with Gasteiger partial charge in [0.2, 0.25) is 0 Å². The molecule has 3 rings (SSSR count). The monoisotopic (exact) mass is 270 g/mol. The topological polar surface area (TPSA) is 44.1 Å². The van der Waals surface area contributed by atoms with Crippen molar-refractivity contribution in [1.82, 2.24) is 9.78 Å². The number of ketones is 1. The van der Waals surface area contributed by atoms with Crippen LogP contribution in [0.5, 0.6) is 5.75 Å². The van der Waals surface area contributed by atoms with Gasteiger partial charge in [-0.15, -0.1) is 0 Å². The molecule has 0 aliphatic carbocycles. The smallest absolute Gasteiger partial charge is 0.171 e. The van der Waals surface area contributed by atoms with Crippen LogP contribution in [0.2, 0.25) is 0 Å². The van der Waals surface area contributed by atoms with E-state index in [9.17, 15) is 4.79 Å². The first kappa shape index (κ1) is 12.9. The summed E-state index contributed by atoms with van der Waals surface area (Å²) in [6.45, 7) is 4.61. The Morgan fingerprint density at radius 3 is 2.90 bits per heavy atom. The van der Waals surface area contributed by atoms with Gasteiger partial charge in [-0.25, -0.2) is 0 Å². The molecule has 0 amide bonds. The average Bonchev–Trinajstić information content (AvgIpc) is 2.99. The highest BCUT2D eigenvalue weighted by Crippen LogP contribution is 2.30. The average molecular weight is 270 g/mol. The Kier molecular flexibility index (Phi) is 3.08. The Morgan fingerprint density at radius 1 is 1.40 bits per heavy atom. The molecule has 0 bridgehead atoms. The van der Waals surface area contributed by atoms with Crippen LogP contribution >= 0.6 is 0 Å². The van der Waals surface area contributed by atoms with Crippen LogP contribution in [0.3, 0.4) is 0 Å². The lowest BCUT2D eigenvalue weighted by Gasteiger charge is -2.07. The van der Waals surface area contributed by atoms with Gasteiger partial charge in [-0.3, -0.25) is 9.48 Å². The van der Waals surface area contributed by atoms with E-state index in [1.54, 1.807) is 0 Å². The molecule has 0 unspecified atom stereocenters. The van der Waals surface area contributed by atoms with Gasteiger partial charge >= 0.3 is 0 Å². The Labute approximate surface area is 118 Å². The molecule has 104 valence electrons. The zero-order valence-electron chi connectivity index (χ0n) is 12.1. The number of rotatable bonds is 3. The molecule has 1 aromatic heterocycles. The van der Waals surface area contributed by atoms with E-state index >= 15 is 0 Å². The molecule has 0 saturated carbocycles. The van der Waals surface area contributed by atoms with Gasteiger partial charge in [0.15, 0.2) is 5.78 Å². The van der Waals surface area contributed by atoms with Crippen molar-refractivity contribution in [2.75, 3.05) is 6.61 Å². The molecule has 1 aliphatic rings. The second-order valence-electron chi connectivity index (χ2n) is 5.27. The van der Waals surface area contributed by atoms with Crippen LogP contribution in [-0.2, 0) is 19.9 Å². The molecule has 1 aromatic carbocycles. The fraction of sp³-hybridized carbons (Fsp3) is 0.375. The summed E-state index contributed by atoms with van der Waals surface area (Å²) in [5, 5.41) is 4.36. The van der Waals surface area contributed by atoms with E-state index in [0.717, 1.165) is 34.7 Å². The maximum atomic E-state index is 12.6. The molecule has 0 saturated heterocycles. The minimum atomic E-state index is 0.1000. The molecule has 4 heteroatoms. The number of carbonyl (C=O) groups excluding carboxylic acids is 1. The van der Waals surface area contributed by atoms with E-state index in [4.69, 9.17) is 4.74 Å². The third-order valence-corrected chi connectivity index (χ3v) is 4.01. The van der Waals surface area contributed by atoms with Crippen molar-refractivity contribution in [3.63, 3.8) is 0 Å². The van der Waals surface area contributed by atoms with E-state index in [2.05, 4.69) is 5.10 Å². The minimum absolute atomic E-state index is 0.1000. The molecular weight excluding hydrogens is 252 g/mol. The predicted octanol–water partition coefficient (Wildman–Crippen LogP) is 2.40. The van der Waals surface area contributed by atoms with Gasteiger partial charge in [-0.1, -0.05) is 12.1 Å². The van der Waals surface area contributed by atoms with E-state index < -0.39 is 0 Å². The zero-order chi connectivity index (χ0) is 14.3. The summed E-state index contributed by atoms with van der Waals surface area (Å²) < 4.78 is 7.44. The van der Waals surface area contributed by atoms with Crippen LogP contribution in [-0.4, -0.2) is 22.2 Å². The van der Waals surface area contributed by atoms with Gasteiger partial charge in [0.05, 0.1) is 17.9 Å². The third-order valence-electron chi connectivity index (χ3n) is 4.01. The fourth-order valence-electron chi connectivity index (χ4n) is 2.76. The van der Waals surface area contributed by atoms with E-state index in [1.165, 1.54) is 0 Å². The van der Waals surface area contributed by atoms with Gasteiger partial charge in [0, 0.05) is 31.1 Å². The summed E-state index contributed by atoms with van der Waals surface area (Å²) in [4.78, 5) is 12.6. The highest BCUT2D eigenvalue weighted by molar-refractivity contribution is 6.00. The maximum absolute atomic E-state index is 12.6. The van der Waals surface area contributed by atoms with Gasteiger partial charge in [-0.2, -0.15) is 5.10 Å². The summed E-state index contributed by atoms with van der Waals surface area (Å²) in [5.74, 6) is 0.875. The molecule has 0 spiro atoms. The highest BCUT2D eigenvalue weighted by Gasteiger charge is 2.22. The van der Waals surface area contributed by atoms with Gasteiger partial charge in [0.25, 0.3) is 0 Å². The lowest BCUT2D eigenvalue weighted by Crippen LogP contribution is -2.07. The number of aromatic nitrogens is 2. The standard InChI is InChI=1S/C16H18N2O2/c1-10-14(11(2)18(3)17-10)9-15(19)13-6-4-5-12-7-8-20-16(12)13/h4-6H,7-9H2,1-3H3. The number of aryl methyl sites for hydroxylation is 2. The number of hydrogen-bond donors (Lipinski definition) is 0. The first-order chi connectivity index (χ1) is 9.58. The molecule has 2 heterocycles. The van der Waals surface area contributed by atoms with Crippen molar-refractivity contribution >= 4 is 5.78 Å². The number of fused-ring (bicyclic) bond motifs is 1. The number of carbonyl (C=O) groups is 1. The van der Waals surface area contributed by atoms with E-state index in [1.807, 2.05) is 43.8 Å². The molecule has 20 heavy (non-hydrogen) atoms. The van der Waals surface area contributed by atoms with Gasteiger partial charge < -0.3 is 4.74 Å². The molecule has 4 nitrogen and oxygen atoms in total. The van der Waals surface area contributed by atoms with Gasteiger partial charge in [-0.05, 0) is 25.5 Å². The number of benzene rings is 1. The van der Waals surface area contributed by atoms with Crippen LogP contribution in [0.4, 0.5) is 0 Å². The molecule has 1 aliphatic heterocycles. The number of nitrogens with zero attached hydrogens (tertiary/aromatic N) is 2. The molecule has 2 aromatic rings. The van der Waals surface area contributed by atoms with Crippen LogP contribution in [0.15, 0.2) is 18.2 Å². The Hall–Kier alpha value is -2.10. The van der Waals surface area contributed by atoms with E-state index in [0.29, 0.717) is 18.6 Å². The predicted molar refractivity (Wildman–Crippen MR) is 76.4 cm³/mol. The number of ether oxygens (including phenoxy) is 1. The SMILES string of the molecule is Cc1nn(C)c(C)c1CC(=O)c1cccc2c1OCC2. The first-order valence-corrected chi connectivity index (χ1v) is 6.85. The van der Waals surface area contributed by atoms with Crippen molar-refractivity contribution in [2.45, 2.75) is 26.7 Å². The van der Waals surface area contributed by atoms with Crippen molar-refractivity contribution in [2.24, 2.45) is 7.05 Å². The summed E-state index contributed by atoms with van der Waals surface area (Å²) in [6, 6.07) is 5.82. The fourth-order valence-corrected chi connectivity index (χ4v) is 2.76. The highest BCUT2D eigenvalue weighted by atomic mass is 16.5.